The van der Waals surface area contributed by atoms with Crippen LogP contribution in [0.15, 0.2) is 24.5 Å². The Bertz CT molecular complexity index is 408. The third-order valence-electron chi connectivity index (χ3n) is 4.38. The van der Waals surface area contributed by atoms with Gasteiger partial charge in [-0.3, -0.25) is 9.88 Å². The van der Waals surface area contributed by atoms with Crippen LogP contribution in [0.2, 0.25) is 0 Å². The van der Waals surface area contributed by atoms with Gasteiger partial charge in [-0.1, -0.05) is 40.7 Å². The molecule has 1 N–H and O–H groups in total. The normalized spacial score (nSPS) is 25.1. The fourth-order valence-corrected chi connectivity index (χ4v) is 2.97. The molecular formula is C17H29N3. The van der Waals surface area contributed by atoms with Crippen molar-refractivity contribution in [3.8, 4) is 0 Å². The molecule has 1 fully saturated rings. The average molecular weight is 275 g/mol. The fraction of sp³-hybridized carbons (Fsp3) is 0.706. The molecule has 2 atom stereocenters. The Kier molecular flexibility index (Phi) is 4.82. The Balaban J connectivity index is 2.11. The van der Waals surface area contributed by atoms with Gasteiger partial charge < -0.3 is 5.32 Å². The summed E-state index contributed by atoms with van der Waals surface area (Å²) < 4.78 is 0. The van der Waals surface area contributed by atoms with Crippen molar-refractivity contribution in [2.75, 3.05) is 13.1 Å². The van der Waals surface area contributed by atoms with E-state index in [1.54, 1.807) is 0 Å². The second kappa shape index (κ2) is 6.23. The minimum atomic E-state index is 0.301. The second-order valence-electron chi connectivity index (χ2n) is 7.43. The lowest BCUT2D eigenvalue weighted by Crippen LogP contribution is -2.61. The molecule has 0 saturated carbocycles. The lowest BCUT2D eigenvalue weighted by atomic mass is 9.83. The van der Waals surface area contributed by atoms with E-state index >= 15 is 0 Å². The third kappa shape index (κ3) is 3.80. The number of nitrogens with zero attached hydrogens (tertiary/aromatic N) is 2. The van der Waals surface area contributed by atoms with Gasteiger partial charge in [0.2, 0.25) is 0 Å². The van der Waals surface area contributed by atoms with Gasteiger partial charge in [0.15, 0.2) is 0 Å². The number of aromatic nitrogens is 1. The van der Waals surface area contributed by atoms with E-state index in [2.05, 4.69) is 55.9 Å². The maximum absolute atomic E-state index is 4.25. The van der Waals surface area contributed by atoms with Crippen LogP contribution in [0.1, 0.15) is 40.2 Å². The van der Waals surface area contributed by atoms with Gasteiger partial charge in [0, 0.05) is 44.1 Å². The number of rotatable bonds is 3. The van der Waals surface area contributed by atoms with Gasteiger partial charge in [0.25, 0.3) is 0 Å². The van der Waals surface area contributed by atoms with E-state index in [0.29, 0.717) is 23.4 Å². The summed E-state index contributed by atoms with van der Waals surface area (Å²) in [6, 6.07) is 5.37. The number of nitrogens with one attached hydrogen (secondary N) is 1. The van der Waals surface area contributed by atoms with Crippen molar-refractivity contribution in [1.29, 1.82) is 0 Å². The van der Waals surface area contributed by atoms with Crippen LogP contribution in [0, 0.1) is 11.3 Å². The highest BCUT2D eigenvalue weighted by atomic mass is 15.2. The highest BCUT2D eigenvalue weighted by Gasteiger charge is 2.35. The Hall–Kier alpha value is -0.930. The molecule has 0 bridgehead atoms. The zero-order valence-corrected chi connectivity index (χ0v) is 13.6. The summed E-state index contributed by atoms with van der Waals surface area (Å²) in [5, 5.41) is 3.75. The third-order valence-corrected chi connectivity index (χ3v) is 4.38. The highest BCUT2D eigenvalue weighted by Crippen LogP contribution is 2.26. The van der Waals surface area contributed by atoms with Crippen LogP contribution < -0.4 is 5.32 Å². The molecule has 0 spiro atoms. The molecule has 1 aliphatic heterocycles. The minimum Gasteiger partial charge on any atom is -0.311 e. The molecule has 3 heteroatoms. The zero-order valence-electron chi connectivity index (χ0n) is 13.6. The summed E-state index contributed by atoms with van der Waals surface area (Å²) in [5.74, 6) is 0.667. The summed E-state index contributed by atoms with van der Waals surface area (Å²) in [7, 11) is 0. The predicted molar refractivity (Wildman–Crippen MR) is 84.5 cm³/mol. The Labute approximate surface area is 123 Å². The molecule has 1 saturated heterocycles. The molecule has 1 aromatic heterocycles. The van der Waals surface area contributed by atoms with Gasteiger partial charge in [-0.25, -0.2) is 0 Å². The zero-order chi connectivity index (χ0) is 14.8. The quantitative estimate of drug-likeness (QED) is 0.919. The van der Waals surface area contributed by atoms with E-state index in [4.69, 9.17) is 0 Å². The molecule has 0 aliphatic carbocycles. The first-order valence-corrected chi connectivity index (χ1v) is 7.74. The molecule has 112 valence electrons. The standard InChI is InChI=1S/C17H29N3/c1-13(2)15-10-19-16(17(3,4)5)12-20(15)11-14-7-6-8-18-9-14/h6-9,13,15-16,19H,10-12H2,1-5H3. The summed E-state index contributed by atoms with van der Waals surface area (Å²) >= 11 is 0. The highest BCUT2D eigenvalue weighted by molar-refractivity contribution is 5.09. The van der Waals surface area contributed by atoms with Gasteiger partial charge in [-0.15, -0.1) is 0 Å². The first-order chi connectivity index (χ1) is 9.38. The van der Waals surface area contributed by atoms with E-state index in [-0.39, 0.29) is 0 Å². The molecule has 2 unspecified atom stereocenters. The smallest absolute Gasteiger partial charge is 0.0312 e. The van der Waals surface area contributed by atoms with Crippen LogP contribution in [-0.4, -0.2) is 35.1 Å². The van der Waals surface area contributed by atoms with Crippen LogP contribution in [0.3, 0.4) is 0 Å². The predicted octanol–water partition coefficient (Wildman–Crippen LogP) is 2.93. The molecule has 0 aromatic carbocycles. The Morgan fingerprint density at radius 3 is 2.70 bits per heavy atom. The molecule has 0 amide bonds. The monoisotopic (exact) mass is 275 g/mol. The van der Waals surface area contributed by atoms with Crippen LogP contribution >= 0.6 is 0 Å². The van der Waals surface area contributed by atoms with Gasteiger partial charge in [-0.2, -0.15) is 0 Å². The van der Waals surface area contributed by atoms with Gasteiger partial charge in [0.1, 0.15) is 0 Å². The first kappa shape index (κ1) is 15.5. The molecule has 1 aromatic rings. The van der Waals surface area contributed by atoms with Crippen molar-refractivity contribution >= 4 is 0 Å². The number of piperazine rings is 1. The van der Waals surface area contributed by atoms with Crippen molar-refractivity contribution in [3.05, 3.63) is 30.1 Å². The largest absolute Gasteiger partial charge is 0.311 e. The van der Waals surface area contributed by atoms with E-state index < -0.39 is 0 Å². The molecular weight excluding hydrogens is 246 g/mol. The molecule has 0 radical (unpaired) electrons. The van der Waals surface area contributed by atoms with Gasteiger partial charge in [-0.05, 0) is 23.0 Å². The summed E-state index contributed by atoms with van der Waals surface area (Å²) in [5.41, 5.74) is 1.61. The van der Waals surface area contributed by atoms with Crippen molar-refractivity contribution in [2.45, 2.75) is 53.2 Å². The fourth-order valence-electron chi connectivity index (χ4n) is 2.97. The lowest BCUT2D eigenvalue weighted by molar-refractivity contribution is 0.0571. The summed E-state index contributed by atoms with van der Waals surface area (Å²) in [6.45, 7) is 14.8. The maximum Gasteiger partial charge on any atom is 0.0312 e. The van der Waals surface area contributed by atoms with Crippen LogP contribution in [0.5, 0.6) is 0 Å². The Morgan fingerprint density at radius 2 is 2.15 bits per heavy atom. The van der Waals surface area contributed by atoms with Crippen molar-refractivity contribution < 1.29 is 0 Å². The second-order valence-corrected chi connectivity index (χ2v) is 7.43. The minimum absolute atomic E-state index is 0.301. The number of hydrogen-bond acceptors (Lipinski definition) is 3. The SMILES string of the molecule is CC(C)C1CNC(C(C)(C)C)CN1Cc1cccnc1. The van der Waals surface area contributed by atoms with Crippen molar-refractivity contribution in [3.63, 3.8) is 0 Å². The molecule has 20 heavy (non-hydrogen) atoms. The number of hydrogen-bond donors (Lipinski definition) is 1. The molecule has 2 rings (SSSR count). The summed E-state index contributed by atoms with van der Waals surface area (Å²) in [4.78, 5) is 6.88. The maximum atomic E-state index is 4.25. The first-order valence-electron chi connectivity index (χ1n) is 7.74. The Morgan fingerprint density at radius 1 is 1.40 bits per heavy atom. The molecule has 1 aliphatic rings. The summed E-state index contributed by atoms with van der Waals surface area (Å²) in [6.07, 6.45) is 3.84. The number of pyridine rings is 1. The van der Waals surface area contributed by atoms with Gasteiger partial charge >= 0.3 is 0 Å². The topological polar surface area (TPSA) is 28.2 Å². The van der Waals surface area contributed by atoms with Crippen LogP contribution in [0.25, 0.3) is 0 Å². The molecule has 3 nitrogen and oxygen atoms in total. The lowest BCUT2D eigenvalue weighted by Gasteiger charge is -2.46. The van der Waals surface area contributed by atoms with Crippen molar-refractivity contribution in [1.82, 2.24) is 15.2 Å². The van der Waals surface area contributed by atoms with Gasteiger partial charge in [0.05, 0.1) is 0 Å². The van der Waals surface area contributed by atoms with E-state index in [0.717, 1.165) is 19.6 Å². The molecule has 2 heterocycles. The van der Waals surface area contributed by atoms with E-state index in [1.165, 1.54) is 5.56 Å². The van der Waals surface area contributed by atoms with E-state index in [9.17, 15) is 0 Å². The van der Waals surface area contributed by atoms with E-state index in [1.807, 2.05) is 18.5 Å². The van der Waals surface area contributed by atoms with Crippen molar-refractivity contribution in [2.24, 2.45) is 11.3 Å². The van der Waals surface area contributed by atoms with Crippen LogP contribution in [-0.2, 0) is 6.54 Å². The van der Waals surface area contributed by atoms with Crippen LogP contribution in [0.4, 0.5) is 0 Å². The average Bonchev–Trinajstić information content (AvgIpc) is 2.38.